The highest BCUT2D eigenvalue weighted by Gasteiger charge is 2.16. The molecule has 2 nitrogen and oxygen atoms in total. The van der Waals surface area contributed by atoms with E-state index in [1.54, 1.807) is 0 Å². The number of aliphatic hydroxyl groups is 1. The summed E-state index contributed by atoms with van der Waals surface area (Å²) in [5, 5.41) is 13.2. The molecule has 0 bridgehead atoms. The van der Waals surface area contributed by atoms with Crippen molar-refractivity contribution >= 4 is 0 Å². The molecular weight excluding hydrogens is 210 g/mol. The van der Waals surface area contributed by atoms with Gasteiger partial charge in [-0.1, -0.05) is 25.1 Å². The molecule has 2 N–H and O–H groups in total. The standard InChI is InChI=1S/C15H23NO/c1-3-15(2,17)11-16-10-12-7-8-13-5-4-6-14(13)9-12/h7-9,16-17H,3-6,10-11H2,1-2H3. The third-order valence-corrected chi connectivity index (χ3v) is 3.76. The molecule has 0 aliphatic heterocycles. The van der Waals surface area contributed by atoms with Gasteiger partial charge in [0.25, 0.3) is 0 Å². The van der Waals surface area contributed by atoms with E-state index in [9.17, 15) is 5.11 Å². The molecule has 0 amide bonds. The van der Waals surface area contributed by atoms with Crippen LogP contribution in [0.25, 0.3) is 0 Å². The van der Waals surface area contributed by atoms with E-state index in [-0.39, 0.29) is 0 Å². The van der Waals surface area contributed by atoms with Gasteiger partial charge in [-0.3, -0.25) is 0 Å². The Morgan fingerprint density at radius 1 is 1.29 bits per heavy atom. The van der Waals surface area contributed by atoms with Crippen molar-refractivity contribution in [3.8, 4) is 0 Å². The second-order valence-corrected chi connectivity index (χ2v) is 5.41. The van der Waals surface area contributed by atoms with Gasteiger partial charge in [0.15, 0.2) is 0 Å². The fraction of sp³-hybridized carbons (Fsp3) is 0.600. The summed E-state index contributed by atoms with van der Waals surface area (Å²) in [6.45, 7) is 5.39. The Kier molecular flexibility index (Phi) is 3.85. The van der Waals surface area contributed by atoms with Crippen LogP contribution in [0.1, 0.15) is 43.4 Å². The average molecular weight is 233 g/mol. The molecule has 0 fully saturated rings. The van der Waals surface area contributed by atoms with Crippen LogP contribution in [0.2, 0.25) is 0 Å². The zero-order valence-corrected chi connectivity index (χ0v) is 10.9. The normalized spacial score (nSPS) is 17.8. The molecule has 1 atom stereocenters. The smallest absolute Gasteiger partial charge is 0.0741 e. The maximum Gasteiger partial charge on any atom is 0.0741 e. The van der Waals surface area contributed by atoms with Crippen molar-refractivity contribution in [2.45, 2.75) is 51.7 Å². The Labute approximate surface area is 104 Å². The molecule has 0 spiro atoms. The van der Waals surface area contributed by atoms with Crippen LogP contribution in [0.15, 0.2) is 18.2 Å². The molecule has 1 aromatic rings. The highest BCUT2D eigenvalue weighted by Crippen LogP contribution is 2.22. The SMILES string of the molecule is CCC(C)(O)CNCc1ccc2c(c1)CCC2. The lowest BCUT2D eigenvalue weighted by Crippen LogP contribution is -2.36. The van der Waals surface area contributed by atoms with Crippen LogP contribution in [0, 0.1) is 0 Å². The minimum absolute atomic E-state index is 0.587. The van der Waals surface area contributed by atoms with Gasteiger partial charge in [-0.2, -0.15) is 0 Å². The van der Waals surface area contributed by atoms with Gasteiger partial charge >= 0.3 is 0 Å². The van der Waals surface area contributed by atoms with Gasteiger partial charge in [0.1, 0.15) is 0 Å². The lowest BCUT2D eigenvalue weighted by atomic mass is 10.0. The summed E-state index contributed by atoms with van der Waals surface area (Å²) in [7, 11) is 0. The Bertz CT molecular complexity index is 385. The molecule has 0 radical (unpaired) electrons. The summed E-state index contributed by atoms with van der Waals surface area (Å²) >= 11 is 0. The predicted octanol–water partition coefficient (Wildman–Crippen LogP) is 2.43. The fourth-order valence-corrected chi connectivity index (χ4v) is 2.34. The van der Waals surface area contributed by atoms with Crippen molar-refractivity contribution in [2.75, 3.05) is 6.54 Å². The fourth-order valence-electron chi connectivity index (χ4n) is 2.34. The van der Waals surface area contributed by atoms with Gasteiger partial charge in [0.05, 0.1) is 5.60 Å². The molecule has 1 aromatic carbocycles. The second kappa shape index (κ2) is 5.19. The van der Waals surface area contributed by atoms with E-state index in [0.29, 0.717) is 6.54 Å². The number of benzene rings is 1. The highest BCUT2D eigenvalue weighted by molar-refractivity contribution is 5.35. The summed E-state index contributed by atoms with van der Waals surface area (Å²) in [5.41, 5.74) is 3.79. The molecule has 1 aliphatic carbocycles. The zero-order valence-electron chi connectivity index (χ0n) is 10.9. The van der Waals surface area contributed by atoms with Crippen LogP contribution in [-0.4, -0.2) is 17.3 Å². The third kappa shape index (κ3) is 3.30. The van der Waals surface area contributed by atoms with E-state index >= 15 is 0 Å². The molecule has 94 valence electrons. The molecule has 17 heavy (non-hydrogen) atoms. The van der Waals surface area contributed by atoms with Gasteiger partial charge in [-0.05, 0) is 49.3 Å². The minimum atomic E-state index is -0.587. The Morgan fingerprint density at radius 3 is 2.82 bits per heavy atom. The molecule has 0 aromatic heterocycles. The van der Waals surface area contributed by atoms with Crippen molar-refractivity contribution in [1.82, 2.24) is 5.32 Å². The molecule has 0 saturated heterocycles. The number of fused-ring (bicyclic) bond motifs is 1. The maximum absolute atomic E-state index is 9.89. The van der Waals surface area contributed by atoms with Crippen molar-refractivity contribution in [2.24, 2.45) is 0 Å². The number of hydrogen-bond donors (Lipinski definition) is 2. The zero-order chi connectivity index (χ0) is 12.3. The first-order chi connectivity index (χ1) is 8.11. The summed E-state index contributed by atoms with van der Waals surface area (Å²) in [5.74, 6) is 0. The number of hydrogen-bond acceptors (Lipinski definition) is 2. The Morgan fingerprint density at radius 2 is 2.06 bits per heavy atom. The summed E-state index contributed by atoms with van der Waals surface area (Å²) in [4.78, 5) is 0. The van der Waals surface area contributed by atoms with Crippen LogP contribution in [0.3, 0.4) is 0 Å². The van der Waals surface area contributed by atoms with Gasteiger partial charge in [0.2, 0.25) is 0 Å². The van der Waals surface area contributed by atoms with Crippen molar-refractivity contribution in [1.29, 1.82) is 0 Å². The maximum atomic E-state index is 9.89. The summed E-state index contributed by atoms with van der Waals surface area (Å²) in [6, 6.07) is 6.78. The first-order valence-corrected chi connectivity index (χ1v) is 6.64. The Balaban J connectivity index is 1.88. The van der Waals surface area contributed by atoms with Crippen molar-refractivity contribution < 1.29 is 5.11 Å². The molecule has 2 rings (SSSR count). The number of rotatable bonds is 5. The molecule has 2 heteroatoms. The van der Waals surface area contributed by atoms with Crippen LogP contribution < -0.4 is 5.32 Å². The van der Waals surface area contributed by atoms with E-state index in [0.717, 1.165) is 13.0 Å². The average Bonchev–Trinajstić information content (AvgIpc) is 2.76. The lowest BCUT2D eigenvalue weighted by molar-refractivity contribution is 0.0555. The molecule has 1 aliphatic rings. The van der Waals surface area contributed by atoms with Crippen molar-refractivity contribution in [3.63, 3.8) is 0 Å². The lowest BCUT2D eigenvalue weighted by Gasteiger charge is -2.21. The predicted molar refractivity (Wildman–Crippen MR) is 71.1 cm³/mol. The van der Waals surface area contributed by atoms with Gasteiger partial charge < -0.3 is 10.4 Å². The minimum Gasteiger partial charge on any atom is -0.389 e. The first kappa shape index (κ1) is 12.6. The van der Waals surface area contributed by atoms with E-state index in [4.69, 9.17) is 0 Å². The van der Waals surface area contributed by atoms with Crippen LogP contribution in [-0.2, 0) is 19.4 Å². The van der Waals surface area contributed by atoms with Gasteiger partial charge in [-0.25, -0.2) is 0 Å². The largest absolute Gasteiger partial charge is 0.389 e. The molecule has 1 unspecified atom stereocenters. The summed E-state index contributed by atoms with van der Waals surface area (Å²) in [6.07, 6.45) is 4.56. The van der Waals surface area contributed by atoms with Crippen LogP contribution >= 0.6 is 0 Å². The van der Waals surface area contributed by atoms with Gasteiger partial charge in [-0.15, -0.1) is 0 Å². The molecule has 0 heterocycles. The topological polar surface area (TPSA) is 32.3 Å². The van der Waals surface area contributed by atoms with Crippen molar-refractivity contribution in [3.05, 3.63) is 34.9 Å². The number of aryl methyl sites for hydroxylation is 2. The molecular formula is C15H23NO. The first-order valence-electron chi connectivity index (χ1n) is 6.64. The van der Waals surface area contributed by atoms with E-state index < -0.39 is 5.60 Å². The van der Waals surface area contributed by atoms with E-state index in [2.05, 4.69) is 23.5 Å². The third-order valence-electron chi connectivity index (χ3n) is 3.76. The molecule has 0 saturated carbocycles. The Hall–Kier alpha value is -0.860. The summed E-state index contributed by atoms with van der Waals surface area (Å²) < 4.78 is 0. The number of nitrogens with one attached hydrogen (secondary N) is 1. The highest BCUT2D eigenvalue weighted by atomic mass is 16.3. The monoisotopic (exact) mass is 233 g/mol. The second-order valence-electron chi connectivity index (χ2n) is 5.41. The van der Waals surface area contributed by atoms with Crippen LogP contribution in [0.4, 0.5) is 0 Å². The van der Waals surface area contributed by atoms with E-state index in [1.165, 1.54) is 36.0 Å². The van der Waals surface area contributed by atoms with Gasteiger partial charge in [0, 0.05) is 13.1 Å². The quantitative estimate of drug-likeness (QED) is 0.818. The van der Waals surface area contributed by atoms with Crippen LogP contribution in [0.5, 0.6) is 0 Å². The van der Waals surface area contributed by atoms with E-state index in [1.807, 2.05) is 13.8 Å².